The molecule has 3 heteroatoms. The smallest absolute Gasteiger partial charge is 0.165 e. The molecule has 0 aliphatic rings. The molecular formula is C17H20FNO. The summed E-state index contributed by atoms with van der Waals surface area (Å²) in [6.45, 7) is 6.15. The first-order valence-electron chi connectivity index (χ1n) is 6.86. The molecule has 0 fully saturated rings. The zero-order valence-electron chi connectivity index (χ0n) is 11.9. The Bertz CT molecular complexity index is 569. The highest BCUT2D eigenvalue weighted by Gasteiger charge is 2.04. The molecule has 2 aromatic carbocycles. The molecule has 2 aromatic rings. The van der Waals surface area contributed by atoms with Gasteiger partial charge in [-0.25, -0.2) is 4.39 Å². The highest BCUT2D eigenvalue weighted by Crippen LogP contribution is 2.19. The minimum atomic E-state index is -0.320. The van der Waals surface area contributed by atoms with Crippen molar-refractivity contribution in [2.45, 2.75) is 27.0 Å². The van der Waals surface area contributed by atoms with Gasteiger partial charge in [-0.3, -0.25) is 0 Å². The Kier molecular flexibility index (Phi) is 5.13. The van der Waals surface area contributed by atoms with Crippen molar-refractivity contribution in [3.63, 3.8) is 0 Å². The fourth-order valence-electron chi connectivity index (χ4n) is 1.98. The van der Waals surface area contributed by atoms with Crippen LogP contribution in [0.1, 0.15) is 23.6 Å². The van der Waals surface area contributed by atoms with E-state index in [1.54, 1.807) is 12.1 Å². The van der Waals surface area contributed by atoms with Gasteiger partial charge in [-0.1, -0.05) is 37.3 Å². The van der Waals surface area contributed by atoms with Crippen molar-refractivity contribution < 1.29 is 9.13 Å². The number of nitrogens with one attached hydrogen (secondary N) is 1. The number of rotatable bonds is 6. The fraction of sp³-hybridized carbons (Fsp3) is 0.294. The Morgan fingerprint density at radius 2 is 1.90 bits per heavy atom. The van der Waals surface area contributed by atoms with E-state index in [1.807, 2.05) is 19.1 Å². The third-order valence-electron chi connectivity index (χ3n) is 3.05. The molecular weight excluding hydrogens is 253 g/mol. The largest absolute Gasteiger partial charge is 0.486 e. The Balaban J connectivity index is 2.01. The summed E-state index contributed by atoms with van der Waals surface area (Å²) < 4.78 is 19.2. The van der Waals surface area contributed by atoms with Crippen molar-refractivity contribution in [3.05, 3.63) is 65.0 Å². The van der Waals surface area contributed by atoms with E-state index >= 15 is 0 Å². The summed E-state index contributed by atoms with van der Waals surface area (Å²) in [5.41, 5.74) is 3.24. The van der Waals surface area contributed by atoms with Crippen LogP contribution in [0.25, 0.3) is 0 Å². The van der Waals surface area contributed by atoms with Crippen LogP contribution in [0, 0.1) is 12.7 Å². The number of ether oxygens (including phenoxy) is 1. The van der Waals surface area contributed by atoms with E-state index in [2.05, 4.69) is 24.4 Å². The van der Waals surface area contributed by atoms with Crippen molar-refractivity contribution in [1.82, 2.24) is 5.32 Å². The van der Waals surface area contributed by atoms with Gasteiger partial charge in [0.2, 0.25) is 0 Å². The van der Waals surface area contributed by atoms with Gasteiger partial charge in [0, 0.05) is 6.54 Å². The monoisotopic (exact) mass is 273 g/mol. The molecule has 0 saturated carbocycles. The molecule has 1 N–H and O–H groups in total. The van der Waals surface area contributed by atoms with E-state index < -0.39 is 0 Å². The minimum absolute atomic E-state index is 0.307. The highest BCUT2D eigenvalue weighted by molar-refractivity contribution is 5.30. The fourth-order valence-corrected chi connectivity index (χ4v) is 1.98. The molecule has 106 valence electrons. The first kappa shape index (κ1) is 14.5. The normalized spacial score (nSPS) is 10.6. The summed E-state index contributed by atoms with van der Waals surface area (Å²) in [7, 11) is 0. The maximum atomic E-state index is 13.6. The van der Waals surface area contributed by atoms with Gasteiger partial charge in [0.25, 0.3) is 0 Å². The number of hydrogen-bond acceptors (Lipinski definition) is 2. The molecule has 0 saturated heterocycles. The quantitative estimate of drug-likeness (QED) is 0.864. The Morgan fingerprint density at radius 1 is 1.10 bits per heavy atom. The van der Waals surface area contributed by atoms with Crippen molar-refractivity contribution in [1.29, 1.82) is 0 Å². The number of benzene rings is 2. The lowest BCUT2D eigenvalue weighted by Gasteiger charge is -2.09. The lowest BCUT2D eigenvalue weighted by molar-refractivity contribution is 0.290. The van der Waals surface area contributed by atoms with Gasteiger partial charge in [0.05, 0.1) is 0 Å². The summed E-state index contributed by atoms with van der Waals surface area (Å²) >= 11 is 0. The summed E-state index contributed by atoms with van der Waals surface area (Å²) in [5.74, 6) is -0.0125. The average molecular weight is 273 g/mol. The van der Waals surface area contributed by atoms with Gasteiger partial charge >= 0.3 is 0 Å². The molecule has 0 bridgehead atoms. The van der Waals surface area contributed by atoms with Crippen LogP contribution in [0.3, 0.4) is 0 Å². The van der Waals surface area contributed by atoms with Crippen LogP contribution in [0.15, 0.2) is 42.5 Å². The topological polar surface area (TPSA) is 21.3 Å². The van der Waals surface area contributed by atoms with Crippen LogP contribution in [-0.2, 0) is 13.2 Å². The molecule has 0 amide bonds. The van der Waals surface area contributed by atoms with E-state index in [0.717, 1.165) is 24.2 Å². The molecule has 0 unspecified atom stereocenters. The lowest BCUT2D eigenvalue weighted by Crippen LogP contribution is -2.11. The Morgan fingerprint density at radius 3 is 2.70 bits per heavy atom. The van der Waals surface area contributed by atoms with E-state index in [-0.39, 0.29) is 5.82 Å². The van der Waals surface area contributed by atoms with E-state index in [0.29, 0.717) is 12.4 Å². The molecule has 2 rings (SSSR count). The SMILES string of the molecule is CCNCc1cccc(COc2cc(C)ccc2F)c1. The van der Waals surface area contributed by atoms with Crippen LogP contribution in [0.5, 0.6) is 5.75 Å². The van der Waals surface area contributed by atoms with Crippen LogP contribution < -0.4 is 10.1 Å². The maximum Gasteiger partial charge on any atom is 0.165 e. The van der Waals surface area contributed by atoms with Gasteiger partial charge < -0.3 is 10.1 Å². The molecule has 2 nitrogen and oxygen atoms in total. The third kappa shape index (κ3) is 4.07. The highest BCUT2D eigenvalue weighted by atomic mass is 19.1. The zero-order valence-corrected chi connectivity index (χ0v) is 11.9. The predicted molar refractivity (Wildman–Crippen MR) is 79.3 cm³/mol. The molecule has 0 atom stereocenters. The second kappa shape index (κ2) is 7.06. The van der Waals surface area contributed by atoms with Crippen LogP contribution in [-0.4, -0.2) is 6.54 Å². The first-order chi connectivity index (χ1) is 9.69. The predicted octanol–water partition coefficient (Wildman–Crippen LogP) is 3.82. The van der Waals surface area contributed by atoms with Crippen molar-refractivity contribution in [2.24, 2.45) is 0 Å². The Hall–Kier alpha value is -1.87. The number of halogens is 1. The molecule has 0 aliphatic heterocycles. The van der Waals surface area contributed by atoms with E-state index in [1.165, 1.54) is 11.6 Å². The number of aryl methyl sites for hydroxylation is 1. The average Bonchev–Trinajstić information content (AvgIpc) is 2.46. The van der Waals surface area contributed by atoms with Crippen LogP contribution >= 0.6 is 0 Å². The van der Waals surface area contributed by atoms with Crippen molar-refractivity contribution in [2.75, 3.05) is 6.54 Å². The van der Waals surface area contributed by atoms with Crippen molar-refractivity contribution >= 4 is 0 Å². The molecule has 0 radical (unpaired) electrons. The van der Waals surface area contributed by atoms with Crippen molar-refractivity contribution in [3.8, 4) is 5.75 Å². The third-order valence-corrected chi connectivity index (χ3v) is 3.05. The van der Waals surface area contributed by atoms with Gasteiger partial charge in [-0.15, -0.1) is 0 Å². The summed E-state index contributed by atoms with van der Waals surface area (Å²) in [6.07, 6.45) is 0. The molecule has 0 aliphatic carbocycles. The summed E-state index contributed by atoms with van der Waals surface area (Å²) in [5, 5.41) is 3.28. The second-order valence-corrected chi connectivity index (χ2v) is 4.82. The summed E-state index contributed by atoms with van der Waals surface area (Å²) in [6, 6.07) is 13.0. The van der Waals surface area contributed by atoms with Crippen LogP contribution in [0.4, 0.5) is 4.39 Å². The van der Waals surface area contributed by atoms with E-state index in [4.69, 9.17) is 4.74 Å². The number of hydrogen-bond donors (Lipinski definition) is 1. The van der Waals surface area contributed by atoms with Gasteiger partial charge in [0.1, 0.15) is 6.61 Å². The standard InChI is InChI=1S/C17H20FNO/c1-3-19-11-14-5-4-6-15(10-14)12-20-17-9-13(2)7-8-16(17)18/h4-10,19H,3,11-12H2,1-2H3. The summed E-state index contributed by atoms with van der Waals surface area (Å²) in [4.78, 5) is 0. The maximum absolute atomic E-state index is 13.6. The second-order valence-electron chi connectivity index (χ2n) is 4.82. The first-order valence-corrected chi connectivity index (χ1v) is 6.86. The molecule has 0 spiro atoms. The van der Waals surface area contributed by atoms with E-state index in [9.17, 15) is 4.39 Å². The molecule has 0 aromatic heterocycles. The van der Waals surface area contributed by atoms with Gasteiger partial charge in [-0.2, -0.15) is 0 Å². The van der Waals surface area contributed by atoms with Gasteiger partial charge in [0.15, 0.2) is 11.6 Å². The van der Waals surface area contributed by atoms with Crippen LogP contribution in [0.2, 0.25) is 0 Å². The molecule has 20 heavy (non-hydrogen) atoms. The Labute approximate surface area is 119 Å². The van der Waals surface area contributed by atoms with Gasteiger partial charge in [-0.05, 0) is 42.3 Å². The molecule has 0 heterocycles. The zero-order chi connectivity index (χ0) is 14.4. The lowest BCUT2D eigenvalue weighted by atomic mass is 10.1. The minimum Gasteiger partial charge on any atom is -0.486 e.